The normalized spacial score (nSPS) is 14.4. The molecule has 6 heterocycles. The number of para-hydroxylation sites is 7. The Morgan fingerprint density at radius 3 is 1.16 bits per heavy atom. The summed E-state index contributed by atoms with van der Waals surface area (Å²) in [5.41, 5.74) is 25.6. The van der Waals surface area contributed by atoms with E-state index in [1.165, 1.54) is 94.7 Å². The summed E-state index contributed by atoms with van der Waals surface area (Å²) in [6, 6.07) is 82.9. The van der Waals surface area contributed by atoms with Crippen LogP contribution < -0.4 is 73.5 Å². The first kappa shape index (κ1) is 36.6. The quantitative estimate of drug-likeness (QED) is 0.165. The smallest absolute Gasteiger partial charge is 0.256 e. The average Bonchev–Trinajstić information content (AvgIpc) is 3.40. The van der Waals surface area contributed by atoms with Crippen LogP contribution in [0.3, 0.4) is 0 Å². The Kier molecular flexibility index (Phi) is 7.26. The van der Waals surface area contributed by atoms with Crippen molar-refractivity contribution in [1.29, 1.82) is 0 Å². The minimum atomic E-state index is -0.0855. The molecule has 0 radical (unpaired) electrons. The highest BCUT2D eigenvalue weighted by atomic mass is 16.5. The minimum absolute atomic E-state index is 0.0332. The zero-order valence-corrected chi connectivity index (χ0v) is 36.8. The van der Waals surface area contributed by atoms with Crippen LogP contribution in [0.2, 0.25) is 0 Å². The highest BCUT2D eigenvalue weighted by Gasteiger charge is 2.52. The largest absolute Gasteiger partial charge is 0.458 e. The van der Waals surface area contributed by atoms with Gasteiger partial charge in [0.1, 0.15) is 11.5 Å². The molecule has 312 valence electrons. The van der Waals surface area contributed by atoms with Crippen LogP contribution in [-0.4, -0.2) is 20.1 Å². The third-order valence-electron chi connectivity index (χ3n) is 15.4. The molecular formula is C60H37B3N4O. The summed E-state index contributed by atoms with van der Waals surface area (Å²) in [7, 11) is 0. The van der Waals surface area contributed by atoms with Crippen LogP contribution in [0.15, 0.2) is 224 Å². The molecule has 0 atom stereocenters. The molecule has 0 fully saturated rings. The lowest BCUT2D eigenvalue weighted by Gasteiger charge is -2.49. The molecule has 16 rings (SSSR count). The van der Waals surface area contributed by atoms with E-state index in [9.17, 15) is 0 Å². The number of ether oxygens (including phenoxy) is 1. The lowest BCUT2D eigenvalue weighted by atomic mass is 9.28. The Balaban J connectivity index is 0.993. The maximum Gasteiger partial charge on any atom is 0.256 e. The molecule has 8 heteroatoms. The average molecular weight is 862 g/mol. The Morgan fingerprint density at radius 1 is 0.250 bits per heavy atom. The van der Waals surface area contributed by atoms with E-state index in [0.717, 1.165) is 34.2 Å². The van der Waals surface area contributed by atoms with Gasteiger partial charge in [0.25, 0.3) is 20.1 Å². The molecule has 6 aliphatic heterocycles. The Labute approximate surface area is 396 Å². The number of hydrogen-bond donors (Lipinski definition) is 0. The molecule has 0 bridgehead atoms. The van der Waals surface area contributed by atoms with Gasteiger partial charge in [-0.1, -0.05) is 133 Å². The van der Waals surface area contributed by atoms with Crippen molar-refractivity contribution in [2.45, 2.75) is 0 Å². The molecular weight excluding hydrogens is 825 g/mol. The third kappa shape index (κ3) is 4.68. The van der Waals surface area contributed by atoms with Crippen molar-refractivity contribution in [1.82, 2.24) is 0 Å². The number of fused-ring (bicyclic) bond motifs is 14. The predicted octanol–water partition coefficient (Wildman–Crippen LogP) is 8.79. The van der Waals surface area contributed by atoms with Crippen molar-refractivity contribution < 1.29 is 4.74 Å². The van der Waals surface area contributed by atoms with Crippen LogP contribution in [0.1, 0.15) is 0 Å². The summed E-state index contributed by atoms with van der Waals surface area (Å²) in [6.07, 6.45) is 0. The predicted molar refractivity (Wildman–Crippen MR) is 286 cm³/mol. The van der Waals surface area contributed by atoms with E-state index in [1.807, 2.05) is 0 Å². The van der Waals surface area contributed by atoms with Crippen molar-refractivity contribution in [3.8, 4) is 11.5 Å². The summed E-state index contributed by atoms with van der Waals surface area (Å²) in [5.74, 6) is 1.81. The van der Waals surface area contributed by atoms with Gasteiger partial charge in [-0.25, -0.2) is 0 Å². The molecule has 6 aliphatic rings. The number of rotatable bonds is 3. The van der Waals surface area contributed by atoms with Crippen LogP contribution in [-0.2, 0) is 0 Å². The van der Waals surface area contributed by atoms with E-state index in [0.29, 0.717) is 0 Å². The molecule has 0 aliphatic carbocycles. The summed E-state index contributed by atoms with van der Waals surface area (Å²) in [4.78, 5) is 9.99. The SMILES string of the molecule is c1ccc(N2c3ccccc3B3c4cc5c(cc4N(c4ccccc4)c4cccc2c43)B2c3ccccc3N3c4ccccc4B4c6ccccc6N(c6ccccc6)c6cc(c2c3c64)O5)cc1. The maximum atomic E-state index is 7.61. The number of hydrogen-bond acceptors (Lipinski definition) is 5. The first-order valence-corrected chi connectivity index (χ1v) is 23.7. The van der Waals surface area contributed by atoms with Gasteiger partial charge in [0, 0.05) is 74.3 Å². The molecule has 0 aromatic heterocycles. The van der Waals surface area contributed by atoms with Gasteiger partial charge >= 0.3 is 0 Å². The second-order valence-corrected chi connectivity index (χ2v) is 18.7. The van der Waals surface area contributed by atoms with Crippen LogP contribution in [0.4, 0.5) is 68.2 Å². The molecule has 0 N–H and O–H groups in total. The van der Waals surface area contributed by atoms with Crippen molar-refractivity contribution in [3.05, 3.63) is 224 Å². The first-order valence-electron chi connectivity index (χ1n) is 23.7. The zero-order valence-electron chi connectivity index (χ0n) is 36.8. The number of nitrogens with zero attached hydrogens (tertiary/aromatic N) is 4. The van der Waals surface area contributed by atoms with Gasteiger partial charge in [-0.05, 0) is 134 Å². The highest BCUT2D eigenvalue weighted by molar-refractivity contribution is 7.05. The van der Waals surface area contributed by atoms with Gasteiger partial charge < -0.3 is 24.3 Å². The standard InChI is InChI=1S/C60H37B3N4O/c1-4-19-38(20-5-1)64-47-29-14-11-26-42(47)62-45-36-55-46(35-53(45)66(40-23-8-3-9-24-40)52-34-18-33-51(64)57(52)62)63-44-28-13-17-32-50(44)67-49-31-16-12-27-43(49)61-41-25-10-15-30-48(41)65(39-21-6-2-7-22-39)54-37-56(68-55)59(63)60(67)58(54)61/h1-37H. The van der Waals surface area contributed by atoms with E-state index >= 15 is 0 Å². The molecule has 5 nitrogen and oxygen atoms in total. The van der Waals surface area contributed by atoms with Crippen molar-refractivity contribution in [2.24, 2.45) is 0 Å². The van der Waals surface area contributed by atoms with E-state index in [-0.39, 0.29) is 20.1 Å². The van der Waals surface area contributed by atoms with E-state index < -0.39 is 0 Å². The van der Waals surface area contributed by atoms with E-state index in [4.69, 9.17) is 4.74 Å². The summed E-state index contributed by atoms with van der Waals surface area (Å²) < 4.78 is 7.61. The number of benzene rings is 10. The lowest BCUT2D eigenvalue weighted by molar-refractivity contribution is 0.488. The highest BCUT2D eigenvalue weighted by Crippen LogP contribution is 2.49. The van der Waals surface area contributed by atoms with E-state index in [1.54, 1.807) is 0 Å². The zero-order chi connectivity index (χ0) is 44.2. The number of anilines is 12. The Hall–Kier alpha value is -8.61. The van der Waals surface area contributed by atoms with Gasteiger partial charge in [0.2, 0.25) is 0 Å². The third-order valence-corrected chi connectivity index (χ3v) is 15.4. The van der Waals surface area contributed by atoms with Crippen LogP contribution in [0, 0.1) is 0 Å². The van der Waals surface area contributed by atoms with Gasteiger partial charge in [-0.15, -0.1) is 0 Å². The molecule has 0 amide bonds. The minimum Gasteiger partial charge on any atom is -0.458 e. The Bertz CT molecular complexity index is 3780. The fourth-order valence-electron chi connectivity index (χ4n) is 12.9. The van der Waals surface area contributed by atoms with Crippen LogP contribution in [0.25, 0.3) is 0 Å². The van der Waals surface area contributed by atoms with Gasteiger partial charge in [0.15, 0.2) is 0 Å². The molecule has 0 spiro atoms. The molecule has 68 heavy (non-hydrogen) atoms. The molecule has 0 saturated heterocycles. The van der Waals surface area contributed by atoms with Crippen LogP contribution in [0.5, 0.6) is 11.5 Å². The molecule has 10 aromatic rings. The molecule has 10 aromatic carbocycles. The monoisotopic (exact) mass is 862 g/mol. The van der Waals surface area contributed by atoms with E-state index in [2.05, 4.69) is 244 Å². The first-order chi connectivity index (χ1) is 33.8. The van der Waals surface area contributed by atoms with Gasteiger partial charge in [-0.3, -0.25) is 0 Å². The van der Waals surface area contributed by atoms with Crippen LogP contribution >= 0.6 is 0 Å². The molecule has 0 saturated carbocycles. The summed E-state index contributed by atoms with van der Waals surface area (Å²) >= 11 is 0. The fourth-order valence-corrected chi connectivity index (χ4v) is 12.9. The summed E-state index contributed by atoms with van der Waals surface area (Å²) in [5, 5.41) is 0. The van der Waals surface area contributed by atoms with Gasteiger partial charge in [-0.2, -0.15) is 0 Å². The fraction of sp³-hybridized carbons (Fsp3) is 0. The molecule has 0 unspecified atom stereocenters. The Morgan fingerprint density at radius 2 is 0.647 bits per heavy atom. The second-order valence-electron chi connectivity index (χ2n) is 18.7. The lowest BCUT2D eigenvalue weighted by Crippen LogP contribution is -2.68. The van der Waals surface area contributed by atoms with Crippen molar-refractivity contribution in [2.75, 3.05) is 19.6 Å². The second kappa shape index (κ2) is 13.5. The topological polar surface area (TPSA) is 22.2 Å². The summed E-state index contributed by atoms with van der Waals surface area (Å²) in [6.45, 7) is -0.0905. The van der Waals surface area contributed by atoms with Crippen molar-refractivity contribution in [3.63, 3.8) is 0 Å². The maximum absolute atomic E-state index is 7.61. The van der Waals surface area contributed by atoms with Crippen molar-refractivity contribution >= 4 is 138 Å². The van der Waals surface area contributed by atoms with Gasteiger partial charge in [0.05, 0.1) is 0 Å².